The van der Waals surface area contributed by atoms with Gasteiger partial charge in [0.25, 0.3) is 5.91 Å². The van der Waals surface area contributed by atoms with E-state index in [0.717, 1.165) is 37.5 Å². The Labute approximate surface area is 195 Å². The first-order chi connectivity index (χ1) is 14.1. The van der Waals surface area contributed by atoms with Crippen molar-refractivity contribution in [3.8, 4) is 5.75 Å². The third kappa shape index (κ3) is 7.37. The summed E-state index contributed by atoms with van der Waals surface area (Å²) in [5.41, 5.74) is 8.91. The van der Waals surface area contributed by atoms with Gasteiger partial charge in [-0.3, -0.25) is 9.79 Å². The van der Waals surface area contributed by atoms with E-state index in [1.54, 1.807) is 0 Å². The number of piperidine rings is 1. The van der Waals surface area contributed by atoms with Crippen molar-refractivity contribution in [2.75, 3.05) is 26.7 Å². The Bertz CT molecular complexity index is 874. The molecular weight excluding hydrogens is 491 g/mol. The Hall–Kier alpha value is -2.55. The van der Waals surface area contributed by atoms with E-state index < -0.39 is 5.91 Å². The van der Waals surface area contributed by atoms with E-state index in [2.05, 4.69) is 45.6 Å². The highest BCUT2D eigenvalue weighted by Crippen LogP contribution is 2.20. The van der Waals surface area contributed by atoms with Crippen molar-refractivity contribution in [2.45, 2.75) is 19.4 Å². The van der Waals surface area contributed by atoms with Crippen LogP contribution in [0.15, 0.2) is 65.2 Å². The largest absolute Gasteiger partial charge is 0.484 e. The molecule has 0 atom stereocenters. The summed E-state index contributed by atoms with van der Waals surface area (Å²) < 4.78 is 5.37. The van der Waals surface area contributed by atoms with E-state index >= 15 is 0 Å². The van der Waals surface area contributed by atoms with Gasteiger partial charge in [0.05, 0.1) is 0 Å². The number of hydrogen-bond donors (Lipinski definition) is 2. The van der Waals surface area contributed by atoms with Crippen LogP contribution < -0.4 is 15.8 Å². The third-order valence-corrected chi connectivity index (χ3v) is 4.82. The molecule has 0 bridgehead atoms. The maximum Gasteiger partial charge on any atom is 0.255 e. The van der Waals surface area contributed by atoms with Crippen molar-refractivity contribution in [1.29, 1.82) is 0 Å². The molecule has 1 saturated heterocycles. The topological polar surface area (TPSA) is 80.0 Å². The molecule has 0 unspecified atom stereocenters. The molecule has 7 heteroatoms. The van der Waals surface area contributed by atoms with E-state index in [1.165, 1.54) is 11.1 Å². The lowest BCUT2D eigenvalue weighted by atomic mass is 10.0. The molecule has 6 nitrogen and oxygen atoms in total. The molecule has 1 aliphatic heterocycles. The van der Waals surface area contributed by atoms with Gasteiger partial charge in [-0.1, -0.05) is 54.1 Å². The first-order valence-electron chi connectivity index (χ1n) is 9.84. The lowest BCUT2D eigenvalue weighted by Crippen LogP contribution is -2.44. The summed E-state index contributed by atoms with van der Waals surface area (Å²) in [6.45, 7) is 2.40. The van der Waals surface area contributed by atoms with Gasteiger partial charge in [-0.25, -0.2) is 0 Å². The Balaban J connectivity index is 0.00000320. The molecule has 3 rings (SSSR count). The number of halogens is 1. The number of carbonyl (C=O) groups excluding carboxylic acids is 1. The van der Waals surface area contributed by atoms with Crippen molar-refractivity contribution >= 4 is 41.9 Å². The quantitative estimate of drug-likeness (QED) is 0.348. The molecule has 0 saturated carbocycles. The van der Waals surface area contributed by atoms with Crippen molar-refractivity contribution < 1.29 is 9.53 Å². The zero-order chi connectivity index (χ0) is 20.5. The number of ether oxygens (including phenoxy) is 1. The van der Waals surface area contributed by atoms with Crippen LogP contribution in [0.5, 0.6) is 5.75 Å². The number of rotatable bonds is 6. The van der Waals surface area contributed by atoms with Crippen LogP contribution in [0.2, 0.25) is 0 Å². The van der Waals surface area contributed by atoms with Crippen LogP contribution in [0, 0.1) is 0 Å². The lowest BCUT2D eigenvalue weighted by Gasteiger charge is -2.31. The highest BCUT2D eigenvalue weighted by molar-refractivity contribution is 14.0. The van der Waals surface area contributed by atoms with Crippen LogP contribution in [0.4, 0.5) is 0 Å². The van der Waals surface area contributed by atoms with Gasteiger partial charge in [0.1, 0.15) is 5.75 Å². The molecule has 160 valence electrons. The van der Waals surface area contributed by atoms with Gasteiger partial charge in [-0.15, -0.1) is 24.0 Å². The molecular formula is C23H29IN4O2. The van der Waals surface area contributed by atoms with E-state index in [1.807, 2.05) is 37.4 Å². The van der Waals surface area contributed by atoms with Gasteiger partial charge in [-0.05, 0) is 36.1 Å². The van der Waals surface area contributed by atoms with Crippen LogP contribution in [0.25, 0.3) is 6.08 Å². The standard InChI is InChI=1S/C23H28N4O2.HI/c1-25-23(26-16-20-8-5-9-21(15-20)29-17-22(24)28)27-12-10-19(11-13-27)14-18-6-3-2-4-7-18;/h2-9,14-15H,10-13,16-17H2,1H3,(H2,24,28)(H,25,26);1H. The second-order valence-corrected chi connectivity index (χ2v) is 7.00. The summed E-state index contributed by atoms with van der Waals surface area (Å²) in [5, 5.41) is 3.42. The number of carbonyl (C=O) groups is 1. The summed E-state index contributed by atoms with van der Waals surface area (Å²) in [4.78, 5) is 17.6. The maximum atomic E-state index is 10.9. The molecule has 2 aromatic rings. The number of nitrogens with zero attached hydrogens (tertiary/aromatic N) is 2. The number of guanidine groups is 1. The Morgan fingerprint density at radius 1 is 1.17 bits per heavy atom. The molecule has 1 fully saturated rings. The molecule has 1 heterocycles. The zero-order valence-corrected chi connectivity index (χ0v) is 19.5. The molecule has 1 aliphatic rings. The fourth-order valence-corrected chi connectivity index (χ4v) is 3.35. The van der Waals surface area contributed by atoms with Gasteiger partial charge in [0, 0.05) is 26.7 Å². The molecule has 0 spiro atoms. The average Bonchev–Trinajstić information content (AvgIpc) is 2.75. The van der Waals surface area contributed by atoms with E-state index in [0.29, 0.717) is 12.3 Å². The van der Waals surface area contributed by atoms with Crippen molar-refractivity contribution in [2.24, 2.45) is 10.7 Å². The van der Waals surface area contributed by atoms with Gasteiger partial charge in [0.15, 0.2) is 12.6 Å². The third-order valence-electron chi connectivity index (χ3n) is 4.82. The lowest BCUT2D eigenvalue weighted by molar-refractivity contribution is -0.119. The van der Waals surface area contributed by atoms with Gasteiger partial charge >= 0.3 is 0 Å². The molecule has 30 heavy (non-hydrogen) atoms. The van der Waals surface area contributed by atoms with Crippen molar-refractivity contribution in [3.63, 3.8) is 0 Å². The van der Waals surface area contributed by atoms with Crippen LogP contribution in [-0.2, 0) is 11.3 Å². The minimum absolute atomic E-state index is 0. The highest BCUT2D eigenvalue weighted by Gasteiger charge is 2.17. The maximum absolute atomic E-state index is 10.9. The molecule has 0 aliphatic carbocycles. The number of primary amides is 1. The normalized spacial score (nSPS) is 14.0. The van der Waals surface area contributed by atoms with Crippen LogP contribution >= 0.6 is 24.0 Å². The number of benzene rings is 2. The summed E-state index contributed by atoms with van der Waals surface area (Å²) in [5.74, 6) is 1.04. The highest BCUT2D eigenvalue weighted by atomic mass is 127. The van der Waals surface area contributed by atoms with Gasteiger partial charge in [-0.2, -0.15) is 0 Å². The zero-order valence-electron chi connectivity index (χ0n) is 17.2. The van der Waals surface area contributed by atoms with E-state index in [9.17, 15) is 4.79 Å². The summed E-state index contributed by atoms with van der Waals surface area (Å²) in [6.07, 6.45) is 4.36. The Morgan fingerprint density at radius 2 is 1.90 bits per heavy atom. The molecule has 0 aromatic heterocycles. The number of likely N-dealkylation sites (tertiary alicyclic amines) is 1. The number of hydrogen-bond acceptors (Lipinski definition) is 3. The SMILES string of the molecule is CN=C(NCc1cccc(OCC(N)=O)c1)N1CCC(=Cc2ccccc2)CC1.I. The molecule has 3 N–H and O–H groups in total. The van der Waals surface area contributed by atoms with Crippen LogP contribution in [0.3, 0.4) is 0 Å². The first kappa shape index (κ1) is 23.7. The second-order valence-electron chi connectivity index (χ2n) is 7.00. The average molecular weight is 520 g/mol. The molecule has 1 amide bonds. The Morgan fingerprint density at radius 3 is 2.57 bits per heavy atom. The van der Waals surface area contributed by atoms with Crippen molar-refractivity contribution in [1.82, 2.24) is 10.2 Å². The first-order valence-corrected chi connectivity index (χ1v) is 9.84. The van der Waals surface area contributed by atoms with Crippen LogP contribution in [-0.4, -0.2) is 43.5 Å². The predicted molar refractivity (Wildman–Crippen MR) is 132 cm³/mol. The molecule has 0 radical (unpaired) electrons. The minimum atomic E-state index is -0.486. The number of aliphatic imine (C=N–C) groups is 1. The van der Waals surface area contributed by atoms with Gasteiger partial charge < -0.3 is 20.7 Å². The number of amides is 1. The number of nitrogens with one attached hydrogen (secondary N) is 1. The summed E-state index contributed by atoms with van der Waals surface area (Å²) in [6, 6.07) is 18.1. The summed E-state index contributed by atoms with van der Waals surface area (Å²) in [7, 11) is 1.81. The van der Waals surface area contributed by atoms with E-state index in [-0.39, 0.29) is 30.6 Å². The van der Waals surface area contributed by atoms with Crippen LogP contribution in [0.1, 0.15) is 24.0 Å². The summed E-state index contributed by atoms with van der Waals surface area (Å²) >= 11 is 0. The number of nitrogens with two attached hydrogens (primary N) is 1. The molecule has 2 aromatic carbocycles. The van der Waals surface area contributed by atoms with E-state index in [4.69, 9.17) is 10.5 Å². The monoisotopic (exact) mass is 520 g/mol. The second kappa shape index (κ2) is 12.2. The van der Waals surface area contributed by atoms with Crippen molar-refractivity contribution in [3.05, 3.63) is 71.3 Å². The Kier molecular flexibility index (Phi) is 9.66. The van der Waals surface area contributed by atoms with Gasteiger partial charge in [0.2, 0.25) is 0 Å². The fourth-order valence-electron chi connectivity index (χ4n) is 3.35. The minimum Gasteiger partial charge on any atom is -0.484 e. The fraction of sp³-hybridized carbons (Fsp3) is 0.304. The smallest absolute Gasteiger partial charge is 0.255 e. The predicted octanol–water partition coefficient (Wildman–Crippen LogP) is 3.42.